The predicted octanol–water partition coefficient (Wildman–Crippen LogP) is 1.10. The van der Waals surface area contributed by atoms with Crippen molar-refractivity contribution in [2.75, 3.05) is 6.61 Å². The van der Waals surface area contributed by atoms with Crippen molar-refractivity contribution in [1.82, 2.24) is 4.90 Å². The first-order valence-electron chi connectivity index (χ1n) is 6.48. The fourth-order valence-electron chi connectivity index (χ4n) is 2.07. The van der Waals surface area contributed by atoms with Crippen LogP contribution in [0.5, 0.6) is 0 Å². The molecule has 6 heteroatoms. The van der Waals surface area contributed by atoms with Crippen LogP contribution in [0.1, 0.15) is 41.5 Å². The Morgan fingerprint density at radius 3 is 2.37 bits per heavy atom. The summed E-state index contributed by atoms with van der Waals surface area (Å²) in [5, 5.41) is 19.5. The molecule has 1 amide bonds. The van der Waals surface area contributed by atoms with Crippen LogP contribution in [0.4, 0.5) is 4.79 Å². The van der Waals surface area contributed by atoms with E-state index in [1.165, 1.54) is 11.8 Å². The molecule has 1 rings (SSSR count). The van der Waals surface area contributed by atoms with Crippen LogP contribution >= 0.6 is 0 Å². The summed E-state index contributed by atoms with van der Waals surface area (Å²) in [4.78, 5) is 13.6. The van der Waals surface area contributed by atoms with Crippen LogP contribution in [0, 0.1) is 0 Å². The number of amides is 1. The van der Waals surface area contributed by atoms with E-state index in [1.54, 1.807) is 34.6 Å². The van der Waals surface area contributed by atoms with Gasteiger partial charge in [-0.15, -0.1) is 0 Å². The number of carbonyl (C=O) groups is 1. The lowest BCUT2D eigenvalue weighted by Gasteiger charge is -2.36. The minimum absolute atomic E-state index is 0.165. The largest absolute Gasteiger partial charge is 0.444 e. The zero-order valence-corrected chi connectivity index (χ0v) is 12.5. The minimum Gasteiger partial charge on any atom is -0.444 e. The fraction of sp³-hybridized carbons (Fsp3) is 0.923. The maximum atomic E-state index is 12.2. The molecular formula is C13H25NO5. The summed E-state index contributed by atoms with van der Waals surface area (Å²) in [5.74, 6) is 0. The van der Waals surface area contributed by atoms with Gasteiger partial charge in [-0.1, -0.05) is 0 Å². The summed E-state index contributed by atoms with van der Waals surface area (Å²) in [6, 6.07) is -0.621. The molecule has 1 fully saturated rings. The van der Waals surface area contributed by atoms with Gasteiger partial charge in [0, 0.05) is 0 Å². The Morgan fingerprint density at radius 1 is 1.42 bits per heavy atom. The number of aliphatic hydroxyl groups is 2. The van der Waals surface area contributed by atoms with Gasteiger partial charge in [-0.3, -0.25) is 4.90 Å². The monoisotopic (exact) mass is 275 g/mol. The maximum absolute atomic E-state index is 12.2. The Balaban J connectivity index is 2.93. The van der Waals surface area contributed by atoms with E-state index in [9.17, 15) is 15.0 Å². The highest BCUT2D eigenvalue weighted by atomic mass is 16.6. The molecule has 112 valence electrons. The van der Waals surface area contributed by atoms with Crippen molar-refractivity contribution in [2.24, 2.45) is 0 Å². The first kappa shape index (κ1) is 16.2. The molecule has 0 aromatic rings. The van der Waals surface area contributed by atoms with E-state index in [0.717, 1.165) is 0 Å². The standard InChI is InChI=1S/C13H25NO5/c1-8(15)10(16)9-7-18-13(5,6)14(9)11(17)19-12(2,3)4/h8-10,15-16H,7H2,1-6H3/t8-,9+,10-/m1/s1. The molecule has 0 spiro atoms. The Morgan fingerprint density at radius 2 is 1.95 bits per heavy atom. The molecule has 1 aliphatic heterocycles. The fourth-order valence-corrected chi connectivity index (χ4v) is 2.07. The maximum Gasteiger partial charge on any atom is 0.412 e. The van der Waals surface area contributed by atoms with Crippen LogP contribution in [0.15, 0.2) is 0 Å². The van der Waals surface area contributed by atoms with Crippen molar-refractivity contribution in [3.63, 3.8) is 0 Å². The molecule has 0 radical (unpaired) electrons. The number of rotatable bonds is 2. The first-order chi connectivity index (χ1) is 8.46. The molecule has 1 saturated heterocycles. The van der Waals surface area contributed by atoms with E-state index >= 15 is 0 Å². The van der Waals surface area contributed by atoms with E-state index in [0.29, 0.717) is 0 Å². The summed E-state index contributed by atoms with van der Waals surface area (Å²) in [6.07, 6.45) is -2.58. The van der Waals surface area contributed by atoms with Crippen molar-refractivity contribution in [3.8, 4) is 0 Å². The zero-order chi connectivity index (χ0) is 15.0. The normalized spacial score (nSPS) is 26.1. The summed E-state index contributed by atoms with van der Waals surface area (Å²) in [6.45, 7) is 10.4. The lowest BCUT2D eigenvalue weighted by molar-refractivity contribution is -0.0749. The number of aliphatic hydroxyl groups excluding tert-OH is 2. The van der Waals surface area contributed by atoms with Gasteiger partial charge in [-0.05, 0) is 41.5 Å². The zero-order valence-electron chi connectivity index (χ0n) is 12.5. The van der Waals surface area contributed by atoms with Gasteiger partial charge in [-0.2, -0.15) is 0 Å². The van der Waals surface area contributed by atoms with Gasteiger partial charge < -0.3 is 19.7 Å². The van der Waals surface area contributed by atoms with Crippen molar-refractivity contribution in [1.29, 1.82) is 0 Å². The van der Waals surface area contributed by atoms with Crippen molar-refractivity contribution < 1.29 is 24.5 Å². The minimum atomic E-state index is -1.07. The summed E-state index contributed by atoms with van der Waals surface area (Å²) in [5.41, 5.74) is -1.50. The second kappa shape index (κ2) is 5.26. The van der Waals surface area contributed by atoms with Gasteiger partial charge in [-0.25, -0.2) is 4.79 Å². The lowest BCUT2D eigenvalue weighted by Crippen LogP contribution is -2.55. The van der Waals surface area contributed by atoms with Crippen molar-refractivity contribution >= 4 is 6.09 Å². The number of hydrogen-bond acceptors (Lipinski definition) is 5. The van der Waals surface area contributed by atoms with E-state index in [-0.39, 0.29) is 6.61 Å². The third-order valence-electron chi connectivity index (χ3n) is 3.00. The van der Waals surface area contributed by atoms with Crippen molar-refractivity contribution in [3.05, 3.63) is 0 Å². The molecule has 1 aliphatic rings. The van der Waals surface area contributed by atoms with Gasteiger partial charge >= 0.3 is 6.09 Å². The first-order valence-corrected chi connectivity index (χ1v) is 6.48. The van der Waals surface area contributed by atoms with Crippen molar-refractivity contribution in [2.45, 2.75) is 71.1 Å². The molecule has 2 N–H and O–H groups in total. The van der Waals surface area contributed by atoms with E-state index in [2.05, 4.69) is 0 Å². The topological polar surface area (TPSA) is 79.2 Å². The second-order valence-corrected chi connectivity index (χ2v) is 6.41. The average Bonchev–Trinajstić information content (AvgIpc) is 2.50. The van der Waals surface area contributed by atoms with Crippen LogP contribution in [0.25, 0.3) is 0 Å². The van der Waals surface area contributed by atoms with E-state index in [4.69, 9.17) is 9.47 Å². The molecule has 0 unspecified atom stereocenters. The van der Waals surface area contributed by atoms with Gasteiger partial charge in [0.05, 0.1) is 18.8 Å². The highest BCUT2D eigenvalue weighted by molar-refractivity contribution is 5.69. The molecule has 0 aliphatic carbocycles. The van der Waals surface area contributed by atoms with Crippen LogP contribution in [0.3, 0.4) is 0 Å². The van der Waals surface area contributed by atoms with Crippen LogP contribution in [0.2, 0.25) is 0 Å². The predicted molar refractivity (Wildman–Crippen MR) is 69.6 cm³/mol. The molecule has 3 atom stereocenters. The Labute approximate surface area is 114 Å². The highest BCUT2D eigenvalue weighted by Gasteiger charge is 2.49. The Hall–Kier alpha value is -0.850. The molecular weight excluding hydrogens is 250 g/mol. The summed E-state index contributed by atoms with van der Waals surface area (Å²) in [7, 11) is 0. The average molecular weight is 275 g/mol. The van der Waals surface area contributed by atoms with Gasteiger partial charge in [0.25, 0.3) is 0 Å². The molecule has 0 aromatic carbocycles. The summed E-state index contributed by atoms with van der Waals surface area (Å²) >= 11 is 0. The number of nitrogens with zero attached hydrogens (tertiary/aromatic N) is 1. The molecule has 0 bridgehead atoms. The van der Waals surface area contributed by atoms with Gasteiger partial charge in [0.15, 0.2) is 0 Å². The smallest absolute Gasteiger partial charge is 0.412 e. The van der Waals surface area contributed by atoms with Gasteiger partial charge in [0.2, 0.25) is 0 Å². The third kappa shape index (κ3) is 3.81. The number of ether oxygens (including phenoxy) is 2. The van der Waals surface area contributed by atoms with Crippen LogP contribution < -0.4 is 0 Å². The molecule has 1 heterocycles. The number of hydrogen-bond donors (Lipinski definition) is 2. The molecule has 0 saturated carbocycles. The quantitative estimate of drug-likeness (QED) is 0.789. The summed E-state index contributed by atoms with van der Waals surface area (Å²) < 4.78 is 10.9. The van der Waals surface area contributed by atoms with Crippen LogP contribution in [-0.4, -0.2) is 57.4 Å². The highest BCUT2D eigenvalue weighted by Crippen LogP contribution is 2.31. The van der Waals surface area contributed by atoms with Crippen LogP contribution in [-0.2, 0) is 9.47 Å². The SMILES string of the molecule is C[C@@H](O)[C@@H](O)[C@@H]1COC(C)(C)N1C(=O)OC(C)(C)C. The van der Waals surface area contributed by atoms with E-state index in [1.807, 2.05) is 0 Å². The molecule has 0 aromatic heterocycles. The Kier molecular flexibility index (Phi) is 4.49. The number of carbonyl (C=O) groups excluding carboxylic acids is 1. The van der Waals surface area contributed by atoms with E-state index < -0.39 is 35.7 Å². The third-order valence-corrected chi connectivity index (χ3v) is 3.00. The Bertz CT molecular complexity index is 334. The lowest BCUT2D eigenvalue weighted by atomic mass is 10.1. The van der Waals surface area contributed by atoms with Gasteiger partial charge in [0.1, 0.15) is 17.4 Å². The molecule has 19 heavy (non-hydrogen) atoms. The second-order valence-electron chi connectivity index (χ2n) is 6.41. The molecule has 6 nitrogen and oxygen atoms in total.